The zero-order valence-electron chi connectivity index (χ0n) is 12.3. The summed E-state index contributed by atoms with van der Waals surface area (Å²) in [5, 5.41) is 4.06. The minimum absolute atomic E-state index is 0.00195. The maximum absolute atomic E-state index is 12.4. The van der Waals surface area contributed by atoms with Crippen LogP contribution in [0.2, 0.25) is 5.02 Å². The molecule has 0 atom stereocenters. The summed E-state index contributed by atoms with van der Waals surface area (Å²) in [5.41, 5.74) is -4.26. The van der Waals surface area contributed by atoms with Gasteiger partial charge in [-0.1, -0.05) is 11.6 Å². The highest BCUT2D eigenvalue weighted by Gasteiger charge is 2.48. The molecule has 7 nitrogen and oxygen atoms in total. The maximum Gasteiger partial charge on any atom is 0.534 e. The van der Waals surface area contributed by atoms with Crippen LogP contribution in [-0.4, -0.2) is 33.7 Å². The number of aryl methyl sites for hydroxylation is 1. The van der Waals surface area contributed by atoms with Gasteiger partial charge >= 0.3 is 15.6 Å². The molecule has 0 fully saturated rings. The third-order valence-electron chi connectivity index (χ3n) is 3.12. The van der Waals surface area contributed by atoms with E-state index in [0.29, 0.717) is 11.1 Å². The Morgan fingerprint density at radius 1 is 1.24 bits per heavy atom. The van der Waals surface area contributed by atoms with Crippen molar-refractivity contribution in [3.63, 3.8) is 0 Å². The Bertz CT molecular complexity index is 1070. The summed E-state index contributed by atoms with van der Waals surface area (Å²) < 4.78 is 64.9. The van der Waals surface area contributed by atoms with Gasteiger partial charge in [0.2, 0.25) is 5.88 Å². The van der Waals surface area contributed by atoms with Gasteiger partial charge < -0.3 is 4.18 Å². The number of hydrogen-bond acceptors (Lipinski definition) is 6. The highest BCUT2D eigenvalue weighted by atomic mass is 35.5. The lowest BCUT2D eigenvalue weighted by Crippen LogP contribution is -2.28. The lowest BCUT2D eigenvalue weighted by Gasteiger charge is -2.10. The van der Waals surface area contributed by atoms with E-state index >= 15 is 0 Å². The number of hydrogen-bond donors (Lipinski definition) is 0. The molecule has 0 unspecified atom stereocenters. The quantitative estimate of drug-likeness (QED) is 0.503. The van der Waals surface area contributed by atoms with Gasteiger partial charge in [0.25, 0.3) is 0 Å². The van der Waals surface area contributed by atoms with E-state index in [-0.39, 0.29) is 16.1 Å². The molecular weight excluding hydrogens is 385 g/mol. The SMILES string of the molecule is Cn1cc(-c2cnc3ccc(OS(=O)(=O)C(F)(F)F)nc3c2Cl)cn1. The van der Waals surface area contributed by atoms with Crippen LogP contribution in [0.15, 0.2) is 30.7 Å². The minimum atomic E-state index is -5.83. The van der Waals surface area contributed by atoms with Crippen molar-refractivity contribution in [2.75, 3.05) is 0 Å². The molecule has 0 saturated heterocycles. The van der Waals surface area contributed by atoms with Crippen molar-refractivity contribution >= 4 is 32.8 Å². The third-order valence-corrected chi connectivity index (χ3v) is 4.46. The second-order valence-corrected chi connectivity index (χ2v) is 6.80. The van der Waals surface area contributed by atoms with E-state index in [0.717, 1.165) is 6.07 Å². The Morgan fingerprint density at radius 3 is 2.56 bits per heavy atom. The smallest absolute Gasteiger partial charge is 0.355 e. The van der Waals surface area contributed by atoms with E-state index in [1.807, 2.05) is 0 Å². The van der Waals surface area contributed by atoms with Gasteiger partial charge in [0.05, 0.1) is 16.7 Å². The molecule has 0 spiro atoms. The summed E-state index contributed by atoms with van der Waals surface area (Å²) in [6.07, 6.45) is 4.63. The number of alkyl halides is 3. The first kappa shape index (κ1) is 17.4. The minimum Gasteiger partial charge on any atom is -0.355 e. The molecule has 3 aromatic heterocycles. The second kappa shape index (κ2) is 5.85. The number of rotatable bonds is 3. The molecule has 132 valence electrons. The zero-order valence-corrected chi connectivity index (χ0v) is 13.9. The first-order valence-electron chi connectivity index (χ1n) is 6.53. The molecule has 3 aromatic rings. The normalized spacial score (nSPS) is 12.5. The lowest BCUT2D eigenvalue weighted by atomic mass is 10.1. The van der Waals surface area contributed by atoms with Gasteiger partial charge in [-0.15, -0.1) is 0 Å². The standard InChI is InChI=1S/C13H8ClF3N4O3S/c1-21-6-7(4-19-21)8-5-18-9-2-3-10(20-12(9)11(8)14)24-25(22,23)13(15,16)17/h2-6H,1H3. The predicted molar refractivity (Wildman–Crippen MR) is 82.4 cm³/mol. The first-order chi connectivity index (χ1) is 11.6. The Balaban J connectivity index is 2.09. The summed E-state index contributed by atoms with van der Waals surface area (Å²) in [6.45, 7) is 0. The third kappa shape index (κ3) is 3.24. The van der Waals surface area contributed by atoms with Crippen LogP contribution in [0.5, 0.6) is 5.88 Å². The van der Waals surface area contributed by atoms with Crippen LogP contribution in [0.3, 0.4) is 0 Å². The lowest BCUT2D eigenvalue weighted by molar-refractivity contribution is -0.0501. The van der Waals surface area contributed by atoms with Crippen molar-refractivity contribution in [3.05, 3.63) is 35.7 Å². The fourth-order valence-electron chi connectivity index (χ4n) is 1.99. The van der Waals surface area contributed by atoms with Crippen LogP contribution in [0.4, 0.5) is 13.2 Å². The maximum atomic E-state index is 12.4. The van der Waals surface area contributed by atoms with Crippen molar-refractivity contribution in [3.8, 4) is 17.0 Å². The van der Waals surface area contributed by atoms with E-state index < -0.39 is 21.5 Å². The van der Waals surface area contributed by atoms with Crippen LogP contribution >= 0.6 is 11.6 Å². The summed E-state index contributed by atoms with van der Waals surface area (Å²) >= 11 is 6.25. The molecule has 0 aliphatic heterocycles. The molecule has 0 amide bonds. The molecule has 3 rings (SSSR count). The molecule has 3 heterocycles. The van der Waals surface area contributed by atoms with Crippen molar-refractivity contribution in [1.29, 1.82) is 0 Å². The molecular formula is C13H8ClF3N4O3S. The summed E-state index contributed by atoms with van der Waals surface area (Å²) in [7, 11) is -4.14. The van der Waals surface area contributed by atoms with Crippen LogP contribution in [-0.2, 0) is 17.2 Å². The van der Waals surface area contributed by atoms with Gasteiger partial charge in [-0.3, -0.25) is 9.67 Å². The fourth-order valence-corrected chi connectivity index (χ4v) is 2.69. The van der Waals surface area contributed by atoms with E-state index in [2.05, 4.69) is 19.2 Å². The van der Waals surface area contributed by atoms with Gasteiger partial charge in [0.15, 0.2) is 0 Å². The first-order valence-corrected chi connectivity index (χ1v) is 8.32. The molecule has 0 aliphatic rings. The van der Waals surface area contributed by atoms with E-state index in [1.165, 1.54) is 23.1 Å². The summed E-state index contributed by atoms with van der Waals surface area (Å²) in [4.78, 5) is 7.85. The number of halogens is 4. The molecule has 12 heteroatoms. The number of nitrogens with zero attached hydrogens (tertiary/aromatic N) is 4. The average molecular weight is 393 g/mol. The number of pyridine rings is 2. The second-order valence-electron chi connectivity index (χ2n) is 4.89. The van der Waals surface area contributed by atoms with Crippen LogP contribution in [0.25, 0.3) is 22.2 Å². The number of fused-ring (bicyclic) bond motifs is 1. The monoisotopic (exact) mass is 392 g/mol. The van der Waals surface area contributed by atoms with Crippen LogP contribution in [0.1, 0.15) is 0 Å². The van der Waals surface area contributed by atoms with E-state index in [9.17, 15) is 21.6 Å². The van der Waals surface area contributed by atoms with Gasteiger partial charge in [0, 0.05) is 36.6 Å². The highest BCUT2D eigenvalue weighted by molar-refractivity contribution is 7.87. The predicted octanol–water partition coefficient (Wildman–Crippen LogP) is 2.91. The van der Waals surface area contributed by atoms with Crippen molar-refractivity contribution < 1.29 is 25.8 Å². The average Bonchev–Trinajstić information content (AvgIpc) is 2.93. The van der Waals surface area contributed by atoms with Crippen molar-refractivity contribution in [1.82, 2.24) is 19.7 Å². The van der Waals surface area contributed by atoms with Gasteiger partial charge in [-0.2, -0.15) is 26.7 Å². The molecule has 0 aliphatic carbocycles. The van der Waals surface area contributed by atoms with Crippen molar-refractivity contribution in [2.45, 2.75) is 5.51 Å². The molecule has 0 aromatic carbocycles. The highest BCUT2D eigenvalue weighted by Crippen LogP contribution is 2.33. The topological polar surface area (TPSA) is 87.0 Å². The Kier molecular flexibility index (Phi) is 4.07. The van der Waals surface area contributed by atoms with Crippen LogP contribution in [0, 0.1) is 0 Å². The molecule has 0 saturated carbocycles. The van der Waals surface area contributed by atoms with E-state index in [1.54, 1.807) is 13.2 Å². The molecule has 0 radical (unpaired) electrons. The van der Waals surface area contributed by atoms with Crippen molar-refractivity contribution in [2.24, 2.45) is 7.05 Å². The Hall–Kier alpha value is -2.40. The summed E-state index contributed by atoms with van der Waals surface area (Å²) in [6, 6.07) is 2.21. The zero-order chi connectivity index (χ0) is 18.4. The van der Waals surface area contributed by atoms with E-state index in [4.69, 9.17) is 11.6 Å². The molecule has 25 heavy (non-hydrogen) atoms. The van der Waals surface area contributed by atoms with Gasteiger partial charge in [-0.05, 0) is 6.07 Å². The fraction of sp³-hybridized carbons (Fsp3) is 0.154. The Morgan fingerprint density at radius 2 is 1.96 bits per heavy atom. The molecule has 0 N–H and O–H groups in total. The number of aromatic nitrogens is 4. The molecule has 0 bridgehead atoms. The van der Waals surface area contributed by atoms with Gasteiger partial charge in [-0.25, -0.2) is 4.98 Å². The largest absolute Gasteiger partial charge is 0.534 e. The van der Waals surface area contributed by atoms with Gasteiger partial charge in [0.1, 0.15) is 5.52 Å². The summed E-state index contributed by atoms with van der Waals surface area (Å²) in [5.74, 6) is -0.767. The Labute approximate surface area is 144 Å². The van der Waals surface area contributed by atoms with Crippen LogP contribution < -0.4 is 4.18 Å².